The third kappa shape index (κ3) is 4.92. The van der Waals surface area contributed by atoms with Crippen molar-refractivity contribution < 1.29 is 19.8 Å². The Balaban J connectivity index is 1.27. The summed E-state index contributed by atoms with van der Waals surface area (Å²) in [7, 11) is 0. The third-order valence-electron chi connectivity index (χ3n) is 7.45. The van der Waals surface area contributed by atoms with Gasteiger partial charge in [-0.3, -0.25) is 19.5 Å². The minimum atomic E-state index is -1.27. The molecule has 2 aliphatic carbocycles. The quantitative estimate of drug-likeness (QED) is 0.744. The van der Waals surface area contributed by atoms with Gasteiger partial charge in [0, 0.05) is 30.4 Å². The number of aromatic nitrogens is 1. The molecule has 2 N–H and O–H groups in total. The van der Waals surface area contributed by atoms with Crippen LogP contribution in [0.15, 0.2) is 12.1 Å². The van der Waals surface area contributed by atoms with Gasteiger partial charge in [0.05, 0.1) is 6.54 Å². The van der Waals surface area contributed by atoms with Gasteiger partial charge in [0.1, 0.15) is 5.60 Å². The number of carboxylic acid groups (broad SMARTS) is 1. The van der Waals surface area contributed by atoms with E-state index in [0.29, 0.717) is 31.8 Å². The highest BCUT2D eigenvalue weighted by molar-refractivity contribution is 5.89. The number of nitrogens with zero attached hydrogens (tertiary/aromatic N) is 2. The standard InChI is InChI=1S/C24H34N2O4/c27-22(28)16-26-13-11-24(30,12-14-26)23(29)19-7-5-17(6-8-19)15-20-10-9-18-3-1-2-4-21(18)25-20/h9-10,17,19,30H,1-8,11-16H2,(H,27,28). The molecule has 3 aliphatic rings. The SMILES string of the molecule is O=C(O)CN1CCC(O)(C(=O)C2CCC(Cc3ccc4c(n3)CCCC4)CC2)CC1. The number of hydrogen-bond donors (Lipinski definition) is 2. The van der Waals surface area contributed by atoms with E-state index >= 15 is 0 Å². The Bertz CT molecular complexity index is 777. The molecular formula is C24H34N2O4. The highest BCUT2D eigenvalue weighted by atomic mass is 16.4. The molecule has 30 heavy (non-hydrogen) atoms. The van der Waals surface area contributed by atoms with Gasteiger partial charge >= 0.3 is 5.97 Å². The van der Waals surface area contributed by atoms with Crippen LogP contribution in [-0.4, -0.2) is 57.1 Å². The summed E-state index contributed by atoms with van der Waals surface area (Å²) in [5.41, 5.74) is 2.63. The van der Waals surface area contributed by atoms with Gasteiger partial charge in [-0.05, 0) is 88.2 Å². The molecule has 164 valence electrons. The van der Waals surface area contributed by atoms with Crippen molar-refractivity contribution in [3.05, 3.63) is 29.1 Å². The fourth-order valence-electron chi connectivity index (χ4n) is 5.56. The van der Waals surface area contributed by atoms with Crippen LogP contribution in [0.4, 0.5) is 0 Å². The second kappa shape index (κ2) is 9.15. The fourth-order valence-corrected chi connectivity index (χ4v) is 5.56. The number of aryl methyl sites for hydroxylation is 2. The lowest BCUT2D eigenvalue weighted by atomic mass is 9.72. The Morgan fingerprint density at radius 3 is 2.47 bits per heavy atom. The van der Waals surface area contributed by atoms with E-state index in [0.717, 1.165) is 44.9 Å². The summed E-state index contributed by atoms with van der Waals surface area (Å²) < 4.78 is 0. The van der Waals surface area contributed by atoms with E-state index < -0.39 is 11.6 Å². The molecule has 6 nitrogen and oxygen atoms in total. The predicted octanol–water partition coefficient (Wildman–Crippen LogP) is 2.79. The molecule has 4 rings (SSSR count). The van der Waals surface area contributed by atoms with Gasteiger partial charge in [-0.15, -0.1) is 0 Å². The monoisotopic (exact) mass is 414 g/mol. The van der Waals surface area contributed by atoms with E-state index in [1.807, 2.05) is 0 Å². The average Bonchev–Trinajstić information content (AvgIpc) is 2.75. The van der Waals surface area contributed by atoms with Gasteiger partial charge in [-0.2, -0.15) is 0 Å². The van der Waals surface area contributed by atoms with Crippen molar-refractivity contribution in [3.63, 3.8) is 0 Å². The van der Waals surface area contributed by atoms with Gasteiger partial charge in [-0.25, -0.2) is 0 Å². The third-order valence-corrected chi connectivity index (χ3v) is 7.45. The summed E-state index contributed by atoms with van der Waals surface area (Å²) >= 11 is 0. The second-order valence-corrected chi connectivity index (χ2v) is 9.60. The summed E-state index contributed by atoms with van der Waals surface area (Å²) in [5.74, 6) is -0.370. The summed E-state index contributed by atoms with van der Waals surface area (Å²) in [6, 6.07) is 4.45. The van der Waals surface area contributed by atoms with E-state index in [9.17, 15) is 14.7 Å². The van der Waals surface area contributed by atoms with Crippen LogP contribution in [0, 0.1) is 11.8 Å². The van der Waals surface area contributed by atoms with Crippen LogP contribution in [0.3, 0.4) is 0 Å². The van der Waals surface area contributed by atoms with Crippen molar-refractivity contribution in [2.24, 2.45) is 11.8 Å². The van der Waals surface area contributed by atoms with Crippen LogP contribution in [-0.2, 0) is 28.9 Å². The molecule has 1 aliphatic heterocycles. The van der Waals surface area contributed by atoms with Crippen molar-refractivity contribution in [2.75, 3.05) is 19.6 Å². The molecule has 2 fully saturated rings. The zero-order valence-corrected chi connectivity index (χ0v) is 17.8. The number of hydrogen-bond acceptors (Lipinski definition) is 5. The molecule has 0 spiro atoms. The van der Waals surface area contributed by atoms with Gasteiger partial charge in [-0.1, -0.05) is 6.07 Å². The van der Waals surface area contributed by atoms with Gasteiger partial charge in [0.15, 0.2) is 5.78 Å². The Kier molecular flexibility index (Phi) is 6.54. The molecule has 1 aromatic rings. The first-order chi connectivity index (χ1) is 14.4. The first kappa shape index (κ1) is 21.4. The number of aliphatic carboxylic acids is 1. The van der Waals surface area contributed by atoms with Crippen molar-refractivity contribution in [1.82, 2.24) is 9.88 Å². The lowest BCUT2D eigenvalue weighted by Gasteiger charge is -2.39. The maximum absolute atomic E-state index is 13.0. The number of Topliss-reactive ketones (excluding diaryl/α,β-unsaturated/α-hetero) is 1. The number of carboxylic acids is 1. The number of piperidine rings is 1. The number of rotatable bonds is 6. The smallest absolute Gasteiger partial charge is 0.317 e. The number of pyridine rings is 1. The topological polar surface area (TPSA) is 90.7 Å². The number of fused-ring (bicyclic) bond motifs is 1. The van der Waals surface area contributed by atoms with E-state index in [1.54, 1.807) is 4.90 Å². The lowest BCUT2D eigenvalue weighted by molar-refractivity contribution is -0.149. The Hall–Kier alpha value is -1.79. The molecule has 1 saturated heterocycles. The fraction of sp³-hybridized carbons (Fsp3) is 0.708. The van der Waals surface area contributed by atoms with Crippen LogP contribution < -0.4 is 0 Å². The van der Waals surface area contributed by atoms with Crippen molar-refractivity contribution >= 4 is 11.8 Å². The molecule has 0 amide bonds. The van der Waals surface area contributed by atoms with Crippen molar-refractivity contribution in [1.29, 1.82) is 0 Å². The van der Waals surface area contributed by atoms with E-state index in [4.69, 9.17) is 10.1 Å². The van der Waals surface area contributed by atoms with Crippen LogP contribution in [0.25, 0.3) is 0 Å². The number of ketones is 1. The van der Waals surface area contributed by atoms with Crippen LogP contribution in [0.2, 0.25) is 0 Å². The van der Waals surface area contributed by atoms with Crippen LogP contribution in [0.5, 0.6) is 0 Å². The molecule has 1 aromatic heterocycles. The zero-order chi connectivity index (χ0) is 21.1. The molecule has 0 bridgehead atoms. The van der Waals surface area contributed by atoms with Crippen molar-refractivity contribution in [3.8, 4) is 0 Å². The normalized spacial score (nSPS) is 26.7. The van der Waals surface area contributed by atoms with Gasteiger partial charge < -0.3 is 10.2 Å². The highest BCUT2D eigenvalue weighted by Gasteiger charge is 2.43. The summed E-state index contributed by atoms with van der Waals surface area (Å²) in [5, 5.41) is 19.8. The Labute approximate surface area is 178 Å². The van der Waals surface area contributed by atoms with E-state index in [2.05, 4.69) is 12.1 Å². The molecule has 0 atom stereocenters. The molecular weight excluding hydrogens is 380 g/mol. The van der Waals surface area contributed by atoms with Crippen LogP contribution >= 0.6 is 0 Å². The number of likely N-dealkylation sites (tertiary alicyclic amines) is 1. The van der Waals surface area contributed by atoms with Crippen molar-refractivity contribution in [2.45, 2.75) is 76.2 Å². The van der Waals surface area contributed by atoms with E-state index in [-0.39, 0.29) is 18.2 Å². The minimum absolute atomic E-state index is 0.0113. The maximum Gasteiger partial charge on any atom is 0.317 e. The summed E-state index contributed by atoms with van der Waals surface area (Å²) in [4.78, 5) is 30.6. The lowest BCUT2D eigenvalue weighted by Crippen LogP contribution is -2.52. The predicted molar refractivity (Wildman–Crippen MR) is 113 cm³/mol. The Morgan fingerprint density at radius 1 is 1.07 bits per heavy atom. The van der Waals surface area contributed by atoms with Crippen LogP contribution in [0.1, 0.15) is 68.3 Å². The number of carbonyl (C=O) groups excluding carboxylic acids is 1. The molecule has 0 aromatic carbocycles. The average molecular weight is 415 g/mol. The molecule has 1 saturated carbocycles. The first-order valence-corrected chi connectivity index (χ1v) is 11.6. The molecule has 6 heteroatoms. The minimum Gasteiger partial charge on any atom is -0.480 e. The number of carbonyl (C=O) groups is 2. The Morgan fingerprint density at radius 2 is 1.77 bits per heavy atom. The molecule has 0 radical (unpaired) electrons. The largest absolute Gasteiger partial charge is 0.480 e. The highest BCUT2D eigenvalue weighted by Crippen LogP contribution is 2.36. The zero-order valence-electron chi connectivity index (χ0n) is 17.8. The van der Waals surface area contributed by atoms with E-state index in [1.165, 1.54) is 29.8 Å². The van der Waals surface area contributed by atoms with Gasteiger partial charge in [0.25, 0.3) is 0 Å². The maximum atomic E-state index is 13.0. The first-order valence-electron chi connectivity index (χ1n) is 11.6. The molecule has 2 heterocycles. The molecule has 0 unspecified atom stereocenters. The summed E-state index contributed by atoms with van der Waals surface area (Å²) in [6.45, 7) is 0.911. The second-order valence-electron chi connectivity index (χ2n) is 9.60. The number of aliphatic hydroxyl groups is 1. The summed E-state index contributed by atoms with van der Waals surface area (Å²) in [6.07, 6.45) is 10.2. The van der Waals surface area contributed by atoms with Gasteiger partial charge in [0.2, 0.25) is 0 Å².